The molecule has 1 fully saturated rings. The number of nitrogens with one attached hydrogen (secondary N) is 1. The highest BCUT2D eigenvalue weighted by atomic mass is 32.1. The van der Waals surface area contributed by atoms with Crippen molar-refractivity contribution in [3.05, 3.63) is 17.3 Å². The largest absolute Gasteiger partial charge is 0.381 e. The van der Waals surface area contributed by atoms with E-state index in [1.165, 1.54) is 0 Å². The molecule has 0 radical (unpaired) electrons. The van der Waals surface area contributed by atoms with Gasteiger partial charge in [0.15, 0.2) is 0 Å². The minimum absolute atomic E-state index is 0.448. The second kappa shape index (κ2) is 7.35. The molecule has 0 spiro atoms. The summed E-state index contributed by atoms with van der Waals surface area (Å²) < 4.78 is 5.42. The number of aryl methyl sites for hydroxylation is 1. The third-order valence-corrected chi connectivity index (χ3v) is 5.08. The smallest absolute Gasteiger partial charge is 0.138 e. The Hall–Kier alpha value is -1.24. The second-order valence-corrected chi connectivity index (χ2v) is 6.58. The maximum Gasteiger partial charge on any atom is 0.138 e. The lowest BCUT2D eigenvalue weighted by Gasteiger charge is -2.31. The fourth-order valence-electron chi connectivity index (χ4n) is 2.89. The molecule has 22 heavy (non-hydrogen) atoms. The van der Waals surface area contributed by atoms with Crippen molar-refractivity contribution in [3.63, 3.8) is 0 Å². The zero-order valence-corrected chi connectivity index (χ0v) is 14.2. The number of nitrogens with zero attached hydrogens (tertiary/aromatic N) is 3. The van der Waals surface area contributed by atoms with Crippen molar-refractivity contribution < 1.29 is 4.74 Å². The quantitative estimate of drug-likeness (QED) is 0.887. The van der Waals surface area contributed by atoms with E-state index < -0.39 is 0 Å². The molecule has 0 amide bonds. The zero-order valence-electron chi connectivity index (χ0n) is 13.3. The normalized spacial score (nSPS) is 17.2. The van der Waals surface area contributed by atoms with Gasteiger partial charge in [0.25, 0.3) is 0 Å². The van der Waals surface area contributed by atoms with Crippen molar-refractivity contribution in [1.29, 1.82) is 0 Å². The van der Waals surface area contributed by atoms with Gasteiger partial charge in [-0.15, -0.1) is 11.3 Å². The maximum absolute atomic E-state index is 5.42. The zero-order chi connectivity index (χ0) is 15.4. The van der Waals surface area contributed by atoms with Crippen molar-refractivity contribution in [3.8, 4) is 0 Å². The van der Waals surface area contributed by atoms with Gasteiger partial charge in [0.05, 0.1) is 11.5 Å². The van der Waals surface area contributed by atoms with Crippen LogP contribution < -0.4 is 5.32 Å². The molecule has 1 N–H and O–H groups in total. The summed E-state index contributed by atoms with van der Waals surface area (Å²) in [5.74, 6) is 1.90. The average molecular weight is 320 g/mol. The van der Waals surface area contributed by atoms with Gasteiger partial charge >= 0.3 is 0 Å². The number of hydrogen-bond donors (Lipinski definition) is 1. The lowest BCUT2D eigenvalue weighted by Crippen LogP contribution is -2.39. The Bertz CT molecular complexity index is 607. The van der Waals surface area contributed by atoms with Crippen molar-refractivity contribution in [2.24, 2.45) is 0 Å². The summed E-state index contributed by atoms with van der Waals surface area (Å²) in [6.07, 6.45) is 3.59. The first-order valence-electron chi connectivity index (χ1n) is 8.03. The molecular formula is C16H24N4OS. The third-order valence-electron chi connectivity index (χ3n) is 4.28. The van der Waals surface area contributed by atoms with E-state index in [0.29, 0.717) is 6.10 Å². The summed E-state index contributed by atoms with van der Waals surface area (Å²) in [7, 11) is 1.81. The number of aromatic nitrogens is 2. The molecule has 0 aliphatic carbocycles. The summed E-state index contributed by atoms with van der Waals surface area (Å²) in [5, 5.41) is 6.73. The second-order valence-electron chi connectivity index (χ2n) is 5.68. The van der Waals surface area contributed by atoms with Crippen LogP contribution in [0.4, 0.5) is 5.82 Å². The van der Waals surface area contributed by atoms with Crippen LogP contribution in [0, 0.1) is 0 Å². The molecule has 0 atom stereocenters. The molecule has 1 saturated heterocycles. The van der Waals surface area contributed by atoms with Gasteiger partial charge in [-0.05, 0) is 24.3 Å². The number of methoxy groups -OCH3 is 1. The van der Waals surface area contributed by atoms with Crippen LogP contribution in [0.2, 0.25) is 0 Å². The topological polar surface area (TPSA) is 50.3 Å². The van der Waals surface area contributed by atoms with Crippen LogP contribution in [0.15, 0.2) is 11.4 Å². The van der Waals surface area contributed by atoms with E-state index in [1.54, 1.807) is 11.3 Å². The van der Waals surface area contributed by atoms with Crippen molar-refractivity contribution in [2.75, 3.05) is 38.6 Å². The Labute approximate surface area is 135 Å². The van der Waals surface area contributed by atoms with E-state index in [9.17, 15) is 0 Å². The first-order chi connectivity index (χ1) is 10.8. The molecule has 0 aromatic carbocycles. The predicted molar refractivity (Wildman–Crippen MR) is 91.8 cm³/mol. The van der Waals surface area contributed by atoms with Crippen LogP contribution in [0.1, 0.15) is 25.6 Å². The first-order valence-corrected chi connectivity index (χ1v) is 8.91. The maximum atomic E-state index is 5.42. The Balaban J connectivity index is 1.56. The third kappa shape index (κ3) is 3.56. The Morgan fingerprint density at radius 1 is 1.36 bits per heavy atom. The molecule has 6 heteroatoms. The molecule has 3 heterocycles. The summed E-state index contributed by atoms with van der Waals surface area (Å²) in [4.78, 5) is 12.8. The highest BCUT2D eigenvalue weighted by Gasteiger charge is 2.18. The number of anilines is 1. The molecule has 2 aromatic heterocycles. The summed E-state index contributed by atoms with van der Waals surface area (Å²) in [6.45, 7) is 6.31. The van der Waals surface area contributed by atoms with E-state index >= 15 is 0 Å². The van der Waals surface area contributed by atoms with Crippen molar-refractivity contribution in [1.82, 2.24) is 14.9 Å². The van der Waals surface area contributed by atoms with Crippen LogP contribution in [-0.2, 0) is 11.2 Å². The number of ether oxygens (including phenoxy) is 1. The molecule has 5 nitrogen and oxygen atoms in total. The minimum Gasteiger partial charge on any atom is -0.381 e. The van der Waals surface area contributed by atoms with Gasteiger partial charge in [-0.25, -0.2) is 9.97 Å². The number of thiophene rings is 1. The van der Waals surface area contributed by atoms with Crippen LogP contribution in [0.3, 0.4) is 0 Å². The lowest BCUT2D eigenvalue weighted by atomic mass is 10.1. The highest BCUT2D eigenvalue weighted by molar-refractivity contribution is 7.16. The Morgan fingerprint density at radius 2 is 2.18 bits per heavy atom. The molecule has 3 rings (SSSR count). The number of piperidine rings is 1. The first kappa shape index (κ1) is 15.6. The van der Waals surface area contributed by atoms with Gasteiger partial charge in [-0.1, -0.05) is 6.92 Å². The SMILES string of the molecule is CCc1nc(NCCN2CCC(OC)CC2)c2ccsc2n1. The standard InChI is InChI=1S/C16H24N4OS/c1-3-14-18-15(13-6-11-22-16(13)19-14)17-7-10-20-8-4-12(21-2)5-9-20/h6,11-12H,3-5,7-10H2,1-2H3,(H,17,18,19). The highest BCUT2D eigenvalue weighted by Crippen LogP contribution is 2.25. The molecular weight excluding hydrogens is 296 g/mol. The molecule has 0 bridgehead atoms. The number of fused-ring (bicyclic) bond motifs is 1. The van der Waals surface area contributed by atoms with Gasteiger partial charge in [-0.2, -0.15) is 0 Å². The van der Waals surface area contributed by atoms with Crippen LogP contribution in [0.5, 0.6) is 0 Å². The number of hydrogen-bond acceptors (Lipinski definition) is 6. The van der Waals surface area contributed by atoms with E-state index in [2.05, 4.69) is 38.6 Å². The summed E-state index contributed by atoms with van der Waals surface area (Å²) in [6, 6.07) is 2.10. The van der Waals surface area contributed by atoms with E-state index in [4.69, 9.17) is 4.74 Å². The molecule has 0 unspecified atom stereocenters. The van der Waals surface area contributed by atoms with Gasteiger partial charge in [0.1, 0.15) is 16.5 Å². The number of likely N-dealkylation sites (tertiary alicyclic amines) is 1. The summed E-state index contributed by atoms with van der Waals surface area (Å²) >= 11 is 1.68. The van der Waals surface area contributed by atoms with Gasteiger partial charge in [0, 0.05) is 39.7 Å². The van der Waals surface area contributed by atoms with Gasteiger partial charge in [-0.3, -0.25) is 0 Å². The Morgan fingerprint density at radius 3 is 2.91 bits per heavy atom. The van der Waals surface area contributed by atoms with Crippen LogP contribution in [0.25, 0.3) is 10.2 Å². The number of rotatable bonds is 6. The van der Waals surface area contributed by atoms with Crippen LogP contribution in [-0.4, -0.2) is 54.3 Å². The van der Waals surface area contributed by atoms with Crippen LogP contribution >= 0.6 is 11.3 Å². The van der Waals surface area contributed by atoms with Gasteiger partial charge in [0.2, 0.25) is 0 Å². The predicted octanol–water partition coefficient (Wildman–Crippen LogP) is 2.78. The van der Waals surface area contributed by atoms with E-state index in [-0.39, 0.29) is 0 Å². The molecule has 0 saturated carbocycles. The summed E-state index contributed by atoms with van der Waals surface area (Å²) in [5.41, 5.74) is 0. The van der Waals surface area contributed by atoms with E-state index in [0.717, 1.165) is 67.3 Å². The fourth-order valence-corrected chi connectivity index (χ4v) is 3.68. The Kier molecular flexibility index (Phi) is 5.23. The molecule has 1 aliphatic rings. The molecule has 2 aromatic rings. The minimum atomic E-state index is 0.448. The van der Waals surface area contributed by atoms with Crippen molar-refractivity contribution >= 4 is 27.4 Å². The monoisotopic (exact) mass is 320 g/mol. The lowest BCUT2D eigenvalue weighted by molar-refractivity contribution is 0.0423. The fraction of sp³-hybridized carbons (Fsp3) is 0.625. The van der Waals surface area contributed by atoms with Crippen molar-refractivity contribution in [2.45, 2.75) is 32.3 Å². The van der Waals surface area contributed by atoms with Gasteiger partial charge < -0.3 is 15.0 Å². The van der Waals surface area contributed by atoms with E-state index in [1.807, 2.05) is 7.11 Å². The molecule has 120 valence electrons. The average Bonchev–Trinajstić information content (AvgIpc) is 3.04. The molecule has 1 aliphatic heterocycles.